The molecule has 0 saturated carbocycles. The summed E-state index contributed by atoms with van der Waals surface area (Å²) >= 11 is 5.84. The lowest BCUT2D eigenvalue weighted by Gasteiger charge is -2.26. The largest absolute Gasteiger partial charge is 0.465 e. The van der Waals surface area contributed by atoms with Crippen LogP contribution in [0.5, 0.6) is 11.5 Å². The zero-order chi connectivity index (χ0) is 27.5. The monoisotopic (exact) mass is 547 g/mol. The van der Waals surface area contributed by atoms with Gasteiger partial charge in [-0.3, -0.25) is 4.98 Å². The van der Waals surface area contributed by atoms with Gasteiger partial charge in [0.05, 0.1) is 24.4 Å². The molecule has 1 fully saturated rings. The van der Waals surface area contributed by atoms with Gasteiger partial charge in [0, 0.05) is 17.4 Å². The molecule has 6 rings (SSSR count). The van der Waals surface area contributed by atoms with Gasteiger partial charge in [-0.25, -0.2) is 4.79 Å². The fourth-order valence-electron chi connectivity index (χ4n) is 4.81. The molecule has 3 aromatic carbocycles. The number of methoxy groups -OCH3 is 1. The summed E-state index contributed by atoms with van der Waals surface area (Å²) in [6.45, 7) is 0. The van der Waals surface area contributed by atoms with Crippen molar-refractivity contribution in [2.24, 2.45) is 0 Å². The molecule has 1 aliphatic heterocycles. The van der Waals surface area contributed by atoms with Crippen molar-refractivity contribution in [3.8, 4) is 22.8 Å². The van der Waals surface area contributed by atoms with Crippen molar-refractivity contribution in [2.75, 3.05) is 12.0 Å². The lowest BCUT2D eigenvalue weighted by molar-refractivity contribution is 0.0601. The fraction of sp³-hybridized carbons (Fsp3) is 0.0938. The van der Waals surface area contributed by atoms with Crippen molar-refractivity contribution >= 4 is 29.0 Å². The minimum atomic E-state index is -0.403. The zero-order valence-corrected chi connectivity index (χ0v) is 22.4. The number of furan rings is 1. The molecule has 2 aromatic heterocycles. The van der Waals surface area contributed by atoms with Crippen molar-refractivity contribution in [1.29, 1.82) is 0 Å². The number of nitrogens with one attached hydrogen (secondary N) is 1. The first-order chi connectivity index (χ1) is 19.6. The number of thiocarbonyl (C=S) groups is 1. The van der Waals surface area contributed by atoms with Gasteiger partial charge < -0.3 is 24.1 Å². The van der Waals surface area contributed by atoms with Gasteiger partial charge >= 0.3 is 5.97 Å². The molecule has 1 aliphatic rings. The zero-order valence-electron chi connectivity index (χ0n) is 21.6. The SMILES string of the molecule is COC(=O)c1cccc(-c2ccc([C@H]3[C@H](c4ccccn4)NC(=S)N3c3ccc(Oc4ccccc4)cc3)o2)c1. The Hall–Kier alpha value is -4.95. The van der Waals surface area contributed by atoms with Crippen molar-refractivity contribution < 1.29 is 18.7 Å². The third-order valence-corrected chi connectivity index (χ3v) is 6.99. The number of rotatable bonds is 7. The van der Waals surface area contributed by atoms with E-state index < -0.39 is 5.97 Å². The Kier molecular flexibility index (Phi) is 6.99. The Bertz CT molecular complexity index is 1640. The Morgan fingerprint density at radius 1 is 0.900 bits per heavy atom. The summed E-state index contributed by atoms with van der Waals surface area (Å²) < 4.78 is 17.3. The third kappa shape index (κ3) is 5.04. The molecular weight excluding hydrogens is 522 g/mol. The molecule has 8 heteroatoms. The second-order valence-electron chi connectivity index (χ2n) is 9.18. The quantitative estimate of drug-likeness (QED) is 0.171. The Balaban J connectivity index is 1.35. The van der Waals surface area contributed by atoms with Crippen LogP contribution < -0.4 is 15.0 Å². The van der Waals surface area contributed by atoms with E-state index in [0.717, 1.165) is 28.4 Å². The second-order valence-corrected chi connectivity index (χ2v) is 9.57. The number of benzene rings is 3. The maximum absolute atomic E-state index is 12.1. The molecule has 0 bridgehead atoms. The minimum Gasteiger partial charge on any atom is -0.465 e. The number of pyridine rings is 1. The molecule has 2 atom stereocenters. The normalized spacial score (nSPS) is 16.4. The molecule has 3 heterocycles. The lowest BCUT2D eigenvalue weighted by Crippen LogP contribution is -2.29. The van der Waals surface area contributed by atoms with E-state index >= 15 is 0 Å². The molecule has 0 spiro atoms. The van der Waals surface area contributed by atoms with Gasteiger partial charge in [0.25, 0.3) is 0 Å². The van der Waals surface area contributed by atoms with Crippen LogP contribution in [0.3, 0.4) is 0 Å². The molecule has 0 unspecified atom stereocenters. The van der Waals surface area contributed by atoms with E-state index in [4.69, 9.17) is 26.1 Å². The highest BCUT2D eigenvalue weighted by Crippen LogP contribution is 2.43. The lowest BCUT2D eigenvalue weighted by atomic mass is 10.0. The van der Waals surface area contributed by atoms with Crippen LogP contribution in [-0.2, 0) is 4.74 Å². The number of aromatic nitrogens is 1. The molecule has 0 amide bonds. The summed E-state index contributed by atoms with van der Waals surface area (Å²) in [7, 11) is 1.36. The molecule has 1 saturated heterocycles. The number of ether oxygens (including phenoxy) is 2. The van der Waals surface area contributed by atoms with Gasteiger partial charge in [-0.15, -0.1) is 0 Å². The number of hydrogen-bond acceptors (Lipinski definition) is 6. The molecule has 0 aliphatic carbocycles. The van der Waals surface area contributed by atoms with Crippen molar-refractivity contribution in [3.63, 3.8) is 0 Å². The molecule has 1 N–H and O–H groups in total. The number of carbonyl (C=O) groups is 1. The van der Waals surface area contributed by atoms with Gasteiger partial charge in [0.2, 0.25) is 0 Å². The number of anilines is 1. The maximum atomic E-state index is 12.1. The Morgan fingerprint density at radius 2 is 1.68 bits per heavy atom. The van der Waals surface area contributed by atoms with Crippen LogP contribution in [0.1, 0.15) is 33.9 Å². The number of carbonyl (C=O) groups excluding carboxylic acids is 1. The standard InChI is InChI=1S/C32H25N3O4S/c1-37-31(36)22-9-7-8-21(20-22)27-17-18-28(39-27)30-29(26-12-5-6-19-33-26)34-32(40)35(30)23-13-15-25(16-14-23)38-24-10-3-2-4-11-24/h2-20,29-30H,1H3,(H,34,40)/t29-,30-/m0/s1. The Morgan fingerprint density at radius 3 is 2.42 bits per heavy atom. The number of hydrogen-bond donors (Lipinski definition) is 1. The van der Waals surface area contributed by atoms with E-state index in [1.165, 1.54) is 7.11 Å². The first kappa shape index (κ1) is 25.3. The Labute approximate surface area is 237 Å². The highest BCUT2D eigenvalue weighted by atomic mass is 32.1. The topological polar surface area (TPSA) is 76.8 Å². The molecule has 40 heavy (non-hydrogen) atoms. The number of para-hydroxylation sites is 1. The van der Waals surface area contributed by atoms with E-state index in [9.17, 15) is 4.79 Å². The molecular formula is C32H25N3O4S. The van der Waals surface area contributed by atoms with E-state index in [1.807, 2.05) is 95.9 Å². The number of esters is 1. The van der Waals surface area contributed by atoms with E-state index in [1.54, 1.807) is 24.4 Å². The van der Waals surface area contributed by atoms with E-state index in [2.05, 4.69) is 10.3 Å². The van der Waals surface area contributed by atoms with Crippen molar-refractivity contribution in [2.45, 2.75) is 12.1 Å². The first-order valence-electron chi connectivity index (χ1n) is 12.7. The van der Waals surface area contributed by atoms with Crippen LogP contribution in [0.4, 0.5) is 5.69 Å². The van der Waals surface area contributed by atoms with Crippen molar-refractivity contribution in [1.82, 2.24) is 10.3 Å². The van der Waals surface area contributed by atoms with Crippen molar-refractivity contribution in [3.05, 3.63) is 132 Å². The number of nitrogens with zero attached hydrogens (tertiary/aromatic N) is 2. The average molecular weight is 548 g/mol. The third-order valence-electron chi connectivity index (χ3n) is 6.68. The van der Waals surface area contributed by atoms with E-state index in [-0.39, 0.29) is 12.1 Å². The van der Waals surface area contributed by atoms with Crippen LogP contribution in [0.15, 0.2) is 120 Å². The van der Waals surface area contributed by atoms with E-state index in [0.29, 0.717) is 22.2 Å². The predicted molar refractivity (Wildman–Crippen MR) is 156 cm³/mol. The molecule has 5 aromatic rings. The fourth-order valence-corrected chi connectivity index (χ4v) is 5.15. The first-order valence-corrected chi connectivity index (χ1v) is 13.1. The molecule has 7 nitrogen and oxygen atoms in total. The summed E-state index contributed by atoms with van der Waals surface area (Å²) in [6, 6.07) is 33.7. The van der Waals surface area contributed by atoms with Gasteiger partial charge in [0.15, 0.2) is 5.11 Å². The highest BCUT2D eigenvalue weighted by molar-refractivity contribution is 7.80. The smallest absolute Gasteiger partial charge is 0.337 e. The summed E-state index contributed by atoms with van der Waals surface area (Å²) in [5, 5.41) is 4.00. The van der Waals surface area contributed by atoms with Gasteiger partial charge in [0.1, 0.15) is 29.1 Å². The molecule has 0 radical (unpaired) electrons. The highest BCUT2D eigenvalue weighted by Gasteiger charge is 2.42. The van der Waals surface area contributed by atoms with Crippen LogP contribution in [-0.4, -0.2) is 23.2 Å². The van der Waals surface area contributed by atoms with Crippen LogP contribution in [0.2, 0.25) is 0 Å². The van der Waals surface area contributed by atoms with Gasteiger partial charge in [-0.05, 0) is 85.0 Å². The summed E-state index contributed by atoms with van der Waals surface area (Å²) in [4.78, 5) is 18.7. The maximum Gasteiger partial charge on any atom is 0.337 e. The average Bonchev–Trinajstić information content (AvgIpc) is 3.63. The second kappa shape index (κ2) is 11.0. The van der Waals surface area contributed by atoms with Crippen LogP contribution in [0.25, 0.3) is 11.3 Å². The predicted octanol–water partition coefficient (Wildman–Crippen LogP) is 7.10. The summed E-state index contributed by atoms with van der Waals surface area (Å²) in [6.07, 6.45) is 1.77. The summed E-state index contributed by atoms with van der Waals surface area (Å²) in [5.41, 5.74) is 2.94. The summed E-state index contributed by atoms with van der Waals surface area (Å²) in [5.74, 6) is 2.41. The van der Waals surface area contributed by atoms with Gasteiger partial charge in [-0.1, -0.05) is 36.4 Å². The minimum absolute atomic E-state index is 0.255. The van der Waals surface area contributed by atoms with Gasteiger partial charge in [-0.2, -0.15) is 0 Å². The van der Waals surface area contributed by atoms with Crippen LogP contribution >= 0.6 is 12.2 Å². The molecule has 198 valence electrons. The van der Waals surface area contributed by atoms with Crippen LogP contribution in [0, 0.1) is 0 Å².